The van der Waals surface area contributed by atoms with E-state index in [1.54, 1.807) is 0 Å². The largest absolute Gasteiger partial charge is 0.396 e. The van der Waals surface area contributed by atoms with Gasteiger partial charge < -0.3 is 20.4 Å². The highest BCUT2D eigenvalue weighted by Crippen LogP contribution is 2.60. The monoisotopic (exact) mass is 234 g/mol. The van der Waals surface area contributed by atoms with Crippen LogP contribution >= 0.6 is 0 Å². The van der Waals surface area contributed by atoms with Crippen LogP contribution < -0.4 is 0 Å². The molecule has 4 nitrogen and oxygen atoms in total. The Bertz CT molecular complexity index is 189. The van der Waals surface area contributed by atoms with Gasteiger partial charge in [-0.2, -0.15) is 0 Å². The summed E-state index contributed by atoms with van der Waals surface area (Å²) in [6.07, 6.45) is 1.92. The first-order chi connectivity index (χ1) is 7.12. The summed E-state index contributed by atoms with van der Waals surface area (Å²) in [7, 11) is 0. The van der Waals surface area contributed by atoms with Crippen LogP contribution in [0.3, 0.4) is 0 Å². The molecule has 0 saturated heterocycles. The minimum Gasteiger partial charge on any atom is -0.396 e. The van der Waals surface area contributed by atoms with Gasteiger partial charge in [-0.3, -0.25) is 0 Å². The molecule has 0 unspecified atom stereocenters. The van der Waals surface area contributed by atoms with Crippen LogP contribution in [0.4, 0.5) is 0 Å². The van der Waals surface area contributed by atoms with Crippen molar-refractivity contribution in [1.82, 2.24) is 0 Å². The molecule has 0 atom stereocenters. The lowest BCUT2D eigenvalue weighted by molar-refractivity contribution is -0.350. The van der Waals surface area contributed by atoms with Crippen molar-refractivity contribution in [3.05, 3.63) is 0 Å². The molecule has 1 aliphatic rings. The summed E-state index contributed by atoms with van der Waals surface area (Å²) in [4.78, 5) is 0. The van der Waals surface area contributed by atoms with Gasteiger partial charge in [-0.15, -0.1) is 0 Å². The van der Waals surface area contributed by atoms with E-state index in [-0.39, 0.29) is 24.0 Å². The van der Waals surface area contributed by atoms with Crippen molar-refractivity contribution in [3.8, 4) is 0 Å². The molecule has 0 bridgehead atoms. The van der Waals surface area contributed by atoms with Gasteiger partial charge in [0, 0.05) is 25.0 Å². The summed E-state index contributed by atoms with van der Waals surface area (Å²) in [6, 6.07) is 0. The minimum atomic E-state index is -1.45. The molecule has 4 heteroatoms. The molecule has 16 heavy (non-hydrogen) atoms. The minimum absolute atomic E-state index is 0.0521. The molecule has 1 fully saturated rings. The van der Waals surface area contributed by atoms with Gasteiger partial charge in [0.15, 0.2) is 5.79 Å². The molecule has 98 valence electrons. The third-order valence-corrected chi connectivity index (χ3v) is 3.95. The van der Waals surface area contributed by atoms with Crippen LogP contribution in [-0.4, -0.2) is 39.4 Å². The number of hydrogen-bond acceptors (Lipinski definition) is 4. The zero-order valence-corrected chi connectivity index (χ0v) is 10.8. The van der Waals surface area contributed by atoms with Crippen LogP contribution in [0.1, 0.15) is 47.0 Å². The molecule has 0 aromatic rings. The fourth-order valence-corrected chi connectivity index (χ4v) is 1.72. The van der Waals surface area contributed by atoms with Gasteiger partial charge in [0.1, 0.15) is 0 Å². The van der Waals surface area contributed by atoms with Crippen molar-refractivity contribution in [2.75, 3.05) is 13.2 Å². The second-order valence-electron chi connectivity index (χ2n) is 5.66. The highest BCUT2D eigenvalue weighted by Gasteiger charge is 2.63. The lowest BCUT2D eigenvalue weighted by atomic mass is 9.49. The molecule has 0 spiro atoms. The molecule has 1 saturated carbocycles. The van der Waals surface area contributed by atoms with E-state index in [1.807, 2.05) is 13.8 Å². The van der Waals surface area contributed by atoms with Crippen LogP contribution in [0, 0.1) is 10.8 Å². The Kier molecular flexibility index (Phi) is 5.39. The molecule has 0 aliphatic heterocycles. The maximum absolute atomic E-state index is 9.33. The number of aliphatic hydroxyl groups is 4. The van der Waals surface area contributed by atoms with E-state index in [0.29, 0.717) is 6.42 Å². The van der Waals surface area contributed by atoms with Gasteiger partial charge in [0.2, 0.25) is 0 Å². The summed E-state index contributed by atoms with van der Waals surface area (Å²) >= 11 is 0. The molecule has 0 aromatic heterocycles. The Morgan fingerprint density at radius 1 is 0.875 bits per heavy atom. The first-order valence-electron chi connectivity index (χ1n) is 5.79. The van der Waals surface area contributed by atoms with Crippen LogP contribution in [0.15, 0.2) is 0 Å². The van der Waals surface area contributed by atoms with E-state index < -0.39 is 5.79 Å². The lowest BCUT2D eigenvalue weighted by Crippen LogP contribution is -2.65. The van der Waals surface area contributed by atoms with Crippen molar-refractivity contribution in [1.29, 1.82) is 0 Å². The van der Waals surface area contributed by atoms with Gasteiger partial charge in [-0.1, -0.05) is 27.7 Å². The third kappa shape index (κ3) is 3.17. The molecular formula is C12H26O4. The third-order valence-electron chi connectivity index (χ3n) is 3.95. The number of hydrogen-bond donors (Lipinski definition) is 4. The van der Waals surface area contributed by atoms with Gasteiger partial charge >= 0.3 is 0 Å². The summed E-state index contributed by atoms with van der Waals surface area (Å²) in [5, 5.41) is 34.8. The summed E-state index contributed by atoms with van der Waals surface area (Å²) in [6.45, 7) is 8.27. The maximum atomic E-state index is 9.33. The summed E-state index contributed by atoms with van der Waals surface area (Å²) in [5.41, 5.74) is -0.323. The van der Waals surface area contributed by atoms with Crippen LogP contribution in [0.5, 0.6) is 0 Å². The Labute approximate surface area is 97.9 Å². The van der Waals surface area contributed by atoms with Crippen molar-refractivity contribution in [2.24, 2.45) is 10.8 Å². The Balaban J connectivity index is 0.000000325. The van der Waals surface area contributed by atoms with E-state index in [9.17, 15) is 10.2 Å². The second kappa shape index (κ2) is 5.45. The zero-order valence-electron chi connectivity index (χ0n) is 10.8. The Morgan fingerprint density at radius 2 is 1.25 bits per heavy atom. The second-order valence-corrected chi connectivity index (χ2v) is 5.66. The molecule has 0 radical (unpaired) electrons. The topological polar surface area (TPSA) is 80.9 Å². The number of rotatable bonds is 3. The normalized spacial score (nSPS) is 24.0. The quantitative estimate of drug-likeness (QED) is 0.431. The van der Waals surface area contributed by atoms with Gasteiger partial charge in [-0.25, -0.2) is 0 Å². The summed E-state index contributed by atoms with van der Waals surface area (Å²) in [5.74, 6) is -1.45. The molecule has 0 heterocycles. The number of aliphatic hydroxyl groups excluding tert-OH is 2. The maximum Gasteiger partial charge on any atom is 0.168 e. The summed E-state index contributed by atoms with van der Waals surface area (Å²) < 4.78 is 0. The van der Waals surface area contributed by atoms with Crippen molar-refractivity contribution >= 4 is 0 Å². The SMILES string of the molecule is CC1(C)CC(O)(O)C1(C)C.OCCCCO. The standard InChI is InChI=1S/C8H16O2.C4H10O2/c1-6(2)5-8(9,10)7(6,3)4;5-3-1-2-4-6/h9-10H,5H2,1-4H3;5-6H,1-4H2. The molecule has 4 N–H and O–H groups in total. The molecule has 0 amide bonds. The van der Waals surface area contributed by atoms with E-state index >= 15 is 0 Å². The van der Waals surface area contributed by atoms with Crippen LogP contribution in [-0.2, 0) is 0 Å². The van der Waals surface area contributed by atoms with Crippen LogP contribution in [0.2, 0.25) is 0 Å². The molecule has 1 aliphatic carbocycles. The zero-order chi connectivity index (χ0) is 13.0. The van der Waals surface area contributed by atoms with E-state index in [4.69, 9.17) is 10.2 Å². The van der Waals surface area contributed by atoms with Crippen molar-refractivity contribution < 1.29 is 20.4 Å². The average molecular weight is 234 g/mol. The Morgan fingerprint density at radius 3 is 1.31 bits per heavy atom. The molecule has 0 aromatic carbocycles. The highest BCUT2D eigenvalue weighted by atomic mass is 16.5. The number of unbranched alkanes of at least 4 members (excludes halogenated alkanes) is 1. The van der Waals surface area contributed by atoms with E-state index in [2.05, 4.69) is 13.8 Å². The predicted octanol–water partition coefficient (Wildman–Crippen LogP) is 0.875. The highest BCUT2D eigenvalue weighted by molar-refractivity contribution is 5.07. The van der Waals surface area contributed by atoms with Crippen molar-refractivity contribution in [2.45, 2.75) is 52.7 Å². The lowest BCUT2D eigenvalue weighted by Gasteiger charge is -2.61. The molecule has 1 rings (SSSR count). The van der Waals surface area contributed by atoms with E-state index in [0.717, 1.165) is 12.8 Å². The van der Waals surface area contributed by atoms with Gasteiger partial charge in [-0.05, 0) is 18.3 Å². The van der Waals surface area contributed by atoms with E-state index in [1.165, 1.54) is 0 Å². The van der Waals surface area contributed by atoms with Gasteiger partial charge in [0.25, 0.3) is 0 Å². The molecular weight excluding hydrogens is 208 g/mol. The average Bonchev–Trinajstić information content (AvgIpc) is 2.13. The predicted molar refractivity (Wildman–Crippen MR) is 62.8 cm³/mol. The Hall–Kier alpha value is -0.160. The first kappa shape index (κ1) is 15.8. The van der Waals surface area contributed by atoms with Gasteiger partial charge in [0.05, 0.1) is 0 Å². The van der Waals surface area contributed by atoms with Crippen LogP contribution in [0.25, 0.3) is 0 Å². The fourth-order valence-electron chi connectivity index (χ4n) is 1.72. The smallest absolute Gasteiger partial charge is 0.168 e. The fraction of sp³-hybridized carbons (Fsp3) is 1.00. The first-order valence-corrected chi connectivity index (χ1v) is 5.79. The van der Waals surface area contributed by atoms with Crippen molar-refractivity contribution in [3.63, 3.8) is 0 Å².